The molecule has 0 aromatic heterocycles. The van der Waals surface area contributed by atoms with Crippen molar-refractivity contribution in [2.75, 3.05) is 126 Å². The summed E-state index contributed by atoms with van der Waals surface area (Å²) in [6.07, 6.45) is -15.5. The van der Waals surface area contributed by atoms with Crippen molar-refractivity contribution in [1.82, 2.24) is 74.4 Å². The third-order valence-corrected chi connectivity index (χ3v) is 24.5. The van der Waals surface area contributed by atoms with E-state index in [1.165, 1.54) is 45.9 Å². The first kappa shape index (κ1) is 126. The summed E-state index contributed by atoms with van der Waals surface area (Å²) in [7, 11) is -3.30. The molecule has 54 heteroatoms. The van der Waals surface area contributed by atoms with Crippen LogP contribution in [0.3, 0.4) is 0 Å². The van der Waals surface area contributed by atoms with E-state index in [-0.39, 0.29) is 216 Å². The van der Waals surface area contributed by atoms with Gasteiger partial charge in [0, 0.05) is 157 Å². The van der Waals surface area contributed by atoms with Gasteiger partial charge in [0.25, 0.3) is 19.6 Å². The van der Waals surface area contributed by atoms with Crippen LogP contribution in [0.25, 0.3) is 0 Å². The Morgan fingerprint density at radius 1 is 0.331 bits per heavy atom. The van der Waals surface area contributed by atoms with Crippen molar-refractivity contribution in [1.29, 1.82) is 0 Å². The number of aliphatic hydroxyl groups is 12. The number of phosphoric acid groups is 1. The van der Waals surface area contributed by atoms with E-state index in [0.717, 1.165) is 7.11 Å². The van der Waals surface area contributed by atoms with Crippen molar-refractivity contribution in [2.24, 2.45) is 0 Å². The SMILES string of the molecule is COP(=O)([O-])OCCCCCCNC(=O)CCCCC(=O)NCCOc1cc(C(=O)NCCNC(=O)C(CCCCNC(=O)CCCCOC2OC(CO)C(O)C(O)C2NC(C)=O)NC(=O)CCCCOC2OC(CO)C(O)C(O)C2NC(C)=O)cc(C(=O)NCCNC(=O)[C@H](CCCCNC(=O)CCCCOC2OC(CO)C(O)C(O)C2NC(C)=O)NC(=O)CCCCOC2OC(CO)C(O)C(O)C2NC(C)=O)c1. The quantitative estimate of drug-likeness (QED) is 0.0213. The Kier molecular flexibility index (Phi) is 61.0. The molecule has 4 heterocycles. The van der Waals surface area contributed by atoms with Gasteiger partial charge < -0.3 is 192 Å². The average molecular weight is 2100 g/mol. The van der Waals surface area contributed by atoms with Gasteiger partial charge in [0.1, 0.15) is 122 Å². The van der Waals surface area contributed by atoms with Crippen LogP contribution in [-0.4, -0.2) is 404 Å². The minimum atomic E-state index is -4.31. The lowest BCUT2D eigenvalue weighted by Crippen LogP contribution is -2.64. The zero-order valence-electron chi connectivity index (χ0n) is 82.9. The molecule has 1 aromatic rings. The number of aliphatic hydroxyl groups excluding tert-OH is 12. The number of hydrogen-bond acceptors (Lipinski definition) is 39. The van der Waals surface area contributed by atoms with E-state index in [2.05, 4.69) is 79.0 Å². The van der Waals surface area contributed by atoms with Gasteiger partial charge in [-0.3, -0.25) is 71.7 Å². The molecule has 26 N–H and O–H groups in total. The topological polar surface area (TPSA) is 792 Å². The van der Waals surface area contributed by atoms with Crippen molar-refractivity contribution >= 4 is 90.5 Å². The van der Waals surface area contributed by atoms with Gasteiger partial charge >= 0.3 is 0 Å². The molecule has 0 spiro atoms. The van der Waals surface area contributed by atoms with Crippen molar-refractivity contribution in [3.8, 4) is 5.75 Å². The van der Waals surface area contributed by atoms with Crippen LogP contribution in [0.4, 0.5) is 0 Å². The molecule has 23 atom stereocenters. The number of benzene rings is 1. The molecule has 4 aliphatic rings. The molecule has 828 valence electrons. The molecule has 53 nitrogen and oxygen atoms in total. The van der Waals surface area contributed by atoms with Gasteiger partial charge in [-0.2, -0.15) is 0 Å². The van der Waals surface area contributed by atoms with E-state index >= 15 is 0 Å². The Bertz CT molecular complexity index is 3950. The molecule has 4 aliphatic heterocycles. The Hall–Kier alpha value is -9.09. The molecule has 0 bridgehead atoms. The summed E-state index contributed by atoms with van der Waals surface area (Å²) >= 11 is 0. The first-order chi connectivity index (χ1) is 69.2. The van der Waals surface area contributed by atoms with Gasteiger partial charge in [0.15, 0.2) is 25.2 Å². The van der Waals surface area contributed by atoms with E-state index in [0.29, 0.717) is 83.6 Å². The van der Waals surface area contributed by atoms with E-state index < -0.39 is 228 Å². The monoisotopic (exact) mass is 2100 g/mol. The molecular weight excluding hydrogens is 1940 g/mol. The lowest BCUT2D eigenvalue weighted by atomic mass is 9.97. The van der Waals surface area contributed by atoms with Crippen LogP contribution in [0, 0.1) is 0 Å². The fraction of sp³-hybridized carbons (Fsp3) is 0.780. The van der Waals surface area contributed by atoms with Crippen LogP contribution in [-0.2, 0) is 109 Å². The van der Waals surface area contributed by atoms with Crippen LogP contribution < -0.4 is 84.1 Å². The number of unbranched alkanes of at least 4 members (excludes halogenated alkanes) is 10. The van der Waals surface area contributed by atoms with Crippen molar-refractivity contribution in [2.45, 2.75) is 329 Å². The summed E-state index contributed by atoms with van der Waals surface area (Å²) in [5.74, 6) is -7.46. The van der Waals surface area contributed by atoms with E-state index in [1.807, 2.05) is 0 Å². The van der Waals surface area contributed by atoms with Gasteiger partial charge in [-0.1, -0.05) is 12.8 Å². The minimum absolute atomic E-state index is 0.0111. The number of phosphoric ester groups is 1. The smallest absolute Gasteiger partial charge is 0.267 e. The maximum atomic E-state index is 14.2. The lowest BCUT2D eigenvalue weighted by molar-refractivity contribution is -0.270. The maximum absolute atomic E-state index is 14.2. The summed E-state index contributed by atoms with van der Waals surface area (Å²) in [5, 5.41) is 160. The highest BCUT2D eigenvalue weighted by atomic mass is 31.2. The Morgan fingerprint density at radius 3 is 0.910 bits per heavy atom. The highest BCUT2D eigenvalue weighted by Gasteiger charge is 2.50. The maximum Gasteiger partial charge on any atom is 0.267 e. The second-order valence-corrected chi connectivity index (χ2v) is 37.0. The van der Waals surface area contributed by atoms with E-state index in [4.69, 9.17) is 47.2 Å². The Morgan fingerprint density at radius 2 is 0.607 bits per heavy atom. The van der Waals surface area contributed by atoms with Gasteiger partial charge in [-0.05, 0) is 134 Å². The molecule has 0 aliphatic carbocycles. The highest BCUT2D eigenvalue weighted by Crippen LogP contribution is 2.37. The molecule has 145 heavy (non-hydrogen) atoms. The zero-order chi connectivity index (χ0) is 107. The number of amides is 14. The largest absolute Gasteiger partial charge is 0.756 e. The summed E-state index contributed by atoms with van der Waals surface area (Å²) in [6.45, 7) is 1.50. The van der Waals surface area contributed by atoms with Crippen molar-refractivity contribution in [3.63, 3.8) is 0 Å². The summed E-state index contributed by atoms with van der Waals surface area (Å²) in [5.41, 5.74) is -0.257. The van der Waals surface area contributed by atoms with E-state index in [9.17, 15) is 138 Å². The third kappa shape index (κ3) is 48.4. The lowest BCUT2D eigenvalue weighted by Gasteiger charge is -2.42. The molecule has 0 saturated carbocycles. The number of hydrogen-bond donors (Lipinski definition) is 26. The molecule has 1 aromatic carbocycles. The van der Waals surface area contributed by atoms with Crippen molar-refractivity contribution < 1.29 is 190 Å². The Labute approximate surface area is 841 Å². The number of rotatable bonds is 72. The number of nitrogens with one attached hydrogen (secondary N) is 14. The van der Waals surface area contributed by atoms with E-state index in [1.54, 1.807) is 0 Å². The first-order valence-electron chi connectivity index (χ1n) is 49.4. The number of ether oxygens (including phenoxy) is 9. The van der Waals surface area contributed by atoms with Crippen LogP contribution in [0.1, 0.15) is 215 Å². The third-order valence-electron chi connectivity index (χ3n) is 23.6. The first-order valence-corrected chi connectivity index (χ1v) is 50.8. The van der Waals surface area contributed by atoms with Gasteiger partial charge in [-0.15, -0.1) is 0 Å². The van der Waals surface area contributed by atoms with Gasteiger partial charge in [-0.25, -0.2) is 0 Å². The average Bonchev–Trinajstić information content (AvgIpc) is 0.817. The van der Waals surface area contributed by atoms with Crippen LogP contribution >= 0.6 is 7.82 Å². The number of carbonyl (C=O) groups excluding carboxylic acids is 14. The predicted molar refractivity (Wildman–Crippen MR) is 504 cm³/mol. The molecule has 4 saturated heterocycles. The van der Waals surface area contributed by atoms with Gasteiger partial charge in [0.2, 0.25) is 70.9 Å². The predicted octanol–water partition coefficient (Wildman–Crippen LogP) is -7.69. The van der Waals surface area contributed by atoms with Crippen LogP contribution in [0.15, 0.2) is 18.2 Å². The van der Waals surface area contributed by atoms with Crippen LogP contribution in [0.2, 0.25) is 0 Å². The fourth-order valence-corrected chi connectivity index (χ4v) is 16.2. The summed E-state index contributed by atoms with van der Waals surface area (Å²) in [4.78, 5) is 194. The van der Waals surface area contributed by atoms with Crippen molar-refractivity contribution in [3.05, 3.63) is 29.3 Å². The highest BCUT2D eigenvalue weighted by molar-refractivity contribution is 7.45. The summed E-state index contributed by atoms with van der Waals surface area (Å²) in [6, 6.07) is -3.22. The zero-order valence-corrected chi connectivity index (χ0v) is 83.8. The second kappa shape index (κ2) is 70.0. The summed E-state index contributed by atoms with van der Waals surface area (Å²) < 4.78 is 71.8. The Balaban J connectivity index is 1.24. The second-order valence-electron chi connectivity index (χ2n) is 35.4. The standard InChI is InChI=1S/C91H155N14O39P/c1-53(110)100-72-80(124)76(120)62(49-106)141-88(72)136-40-20-12-28-67(115)93-33-17-10-24-60(104-70(118)30-14-22-42-138-90-74(102-55(3)112)82(126)78(122)64(51-108)143-90)86(130)98-37-35-96-84(128)57-46-58(48-59(47-57)135-45-39-95-69(117)27-9-8-26-66(114)92-32-16-6-7-19-44-140-145(132,133)134-5)85(129)97-36-38-99-87(131)61(105-71(119)31-15-23-43-139-91-75(103-56(4)113)83(127)79(123)65(52-109)144-91)25-11-18-34-94-68(116)29-13-21-41-137-89-73(101-54(2)111)81(125)77(121)63(50-107)142-89/h46-48,60-65,72-83,88-91,106-109,120-127H,6-45,49-52H2,1-5H3,(H,92,114)(H,93,115)(H,94,116)(H,95,117)(H,96,128)(H,97,129)(H,98,130)(H,99,131)(H,100,110)(H,101,111)(H,102,112)(H,103,113)(H,104,118)(H,105,119)(H,132,133)/p-1/t60-,61?,62?,63?,64?,65?,72?,73?,74?,75?,76?,77?,78?,79?,80?,81?,82?,83?,88?,89?,90?,91?/m0/s1. The normalized spacial score (nSPS) is 24.8. The van der Waals surface area contributed by atoms with Crippen LogP contribution in [0.5, 0.6) is 5.75 Å². The molecule has 5 rings (SSSR count). The molecule has 4 fully saturated rings. The molecule has 14 amide bonds. The van der Waals surface area contributed by atoms with Gasteiger partial charge in [0.05, 0.1) is 39.6 Å². The number of carbonyl (C=O) groups is 14. The molecule has 0 radical (unpaired) electrons. The molecule has 22 unspecified atom stereocenters. The fourth-order valence-electron chi connectivity index (χ4n) is 15.7. The minimum Gasteiger partial charge on any atom is -0.756 e. The molecular formula is C91H154N14O39P-.